The van der Waals surface area contributed by atoms with Crippen LogP contribution in [-0.2, 0) is 23.4 Å². The third kappa shape index (κ3) is 5.55. The number of carbonyl (C=O) groups excluding carboxylic acids is 1. The van der Waals surface area contributed by atoms with E-state index in [-0.39, 0.29) is 29.6 Å². The number of nitrogens with one attached hydrogen (secondary N) is 1. The molecule has 0 saturated carbocycles. The molecule has 4 heterocycles. The number of nitrogens with zero attached hydrogens (tertiary/aromatic N) is 4. The zero-order valence-electron chi connectivity index (χ0n) is 22.0. The van der Waals surface area contributed by atoms with Crippen LogP contribution in [0, 0.1) is 0 Å². The summed E-state index contributed by atoms with van der Waals surface area (Å²) in [5, 5.41) is 24.9. The maximum absolute atomic E-state index is 13.5. The van der Waals surface area contributed by atoms with Gasteiger partial charge in [0.1, 0.15) is 30.0 Å². The number of rotatable bonds is 8. The highest BCUT2D eigenvalue weighted by atomic mass is 32.7. The van der Waals surface area contributed by atoms with Crippen molar-refractivity contribution < 1.29 is 38.3 Å². The highest BCUT2D eigenvalue weighted by Crippen LogP contribution is 2.59. The Labute approximate surface area is 233 Å². The normalized spacial score (nSPS) is 31.2. The van der Waals surface area contributed by atoms with Gasteiger partial charge in [0.25, 0.3) is 0 Å². The first-order valence-electron chi connectivity index (χ1n) is 12.5. The maximum atomic E-state index is 13.5. The molecule has 2 fully saturated rings. The first-order valence-corrected chi connectivity index (χ1v) is 15.8. The van der Waals surface area contributed by atoms with Crippen molar-refractivity contribution in [3.8, 4) is 5.88 Å². The zero-order valence-corrected chi connectivity index (χ0v) is 23.7. The van der Waals surface area contributed by atoms with E-state index >= 15 is 0 Å². The molecule has 2 aliphatic rings. The highest BCUT2D eigenvalue weighted by molar-refractivity contribution is 8.56. The molecule has 2 aromatic heterocycles. The van der Waals surface area contributed by atoms with E-state index in [2.05, 4.69) is 20.0 Å². The number of nitrogen functional groups attached to an aromatic ring is 1. The number of benzene rings is 1. The highest BCUT2D eigenvalue weighted by Gasteiger charge is 2.54. The predicted octanol–water partition coefficient (Wildman–Crippen LogP) is 1.95. The lowest BCUT2D eigenvalue weighted by Gasteiger charge is -2.30. The fourth-order valence-corrected chi connectivity index (χ4v) is 8.46. The summed E-state index contributed by atoms with van der Waals surface area (Å²) >= 11 is 1.05. The van der Waals surface area contributed by atoms with E-state index in [0.717, 1.165) is 16.9 Å². The smallest absolute Gasteiger partial charge is 0.327 e. The second kappa shape index (κ2) is 11.2. The fourth-order valence-electron chi connectivity index (χ4n) is 4.65. The van der Waals surface area contributed by atoms with Crippen LogP contribution in [0.1, 0.15) is 38.2 Å². The summed E-state index contributed by atoms with van der Waals surface area (Å²) in [6.07, 6.45) is -2.35. The minimum Gasteiger partial charge on any atom is -0.479 e. The summed E-state index contributed by atoms with van der Waals surface area (Å²) < 4.78 is 37.4. The van der Waals surface area contributed by atoms with E-state index in [1.807, 2.05) is 30.3 Å². The summed E-state index contributed by atoms with van der Waals surface area (Å²) in [5.74, 6) is -0.0791. The molecule has 1 aromatic carbocycles. The quantitative estimate of drug-likeness (QED) is 0.218. The Kier molecular flexibility index (Phi) is 8.08. The number of anilines is 1. The van der Waals surface area contributed by atoms with Crippen molar-refractivity contribution >= 4 is 41.2 Å². The molecule has 0 spiro atoms. The molecule has 16 heteroatoms. The van der Waals surface area contributed by atoms with Crippen LogP contribution in [0.4, 0.5) is 5.95 Å². The van der Waals surface area contributed by atoms with Crippen LogP contribution in [0.15, 0.2) is 36.7 Å². The SMILES string of the molecule is COc1nc(N)nc2c1ncn2[C@@H]1O[C@H](CO[P@@]2(=O)NC(C(=O)O[C@@H](C)c3ccccc3)CCS2)[C@@H](O)[C@@]1(C)O. The molecule has 0 bridgehead atoms. The van der Waals surface area contributed by atoms with E-state index in [1.165, 1.54) is 24.9 Å². The van der Waals surface area contributed by atoms with Crippen LogP contribution in [0.25, 0.3) is 11.2 Å². The molecule has 5 rings (SSSR count). The number of nitrogens with two attached hydrogens (primary N) is 1. The maximum Gasteiger partial charge on any atom is 0.327 e. The average molecular weight is 595 g/mol. The Bertz CT molecular complexity index is 1430. The molecule has 40 heavy (non-hydrogen) atoms. The van der Waals surface area contributed by atoms with Gasteiger partial charge in [-0.1, -0.05) is 41.7 Å². The number of fused-ring (bicyclic) bond motifs is 1. The van der Waals surface area contributed by atoms with Crippen molar-refractivity contribution in [2.75, 3.05) is 25.2 Å². The number of ether oxygens (including phenoxy) is 3. The predicted molar refractivity (Wildman–Crippen MR) is 145 cm³/mol. The first-order chi connectivity index (χ1) is 19.0. The van der Waals surface area contributed by atoms with Gasteiger partial charge in [0.05, 0.1) is 20.0 Å². The van der Waals surface area contributed by atoms with Crippen molar-refractivity contribution in [2.24, 2.45) is 0 Å². The number of aliphatic hydroxyl groups excluding tert-OH is 1. The topological polar surface area (TPSA) is 193 Å². The number of esters is 1. The van der Waals surface area contributed by atoms with E-state index in [0.29, 0.717) is 12.2 Å². The van der Waals surface area contributed by atoms with Gasteiger partial charge in [-0.3, -0.25) is 13.9 Å². The Morgan fingerprint density at radius 2 is 2.12 bits per heavy atom. The number of hydrogen-bond acceptors (Lipinski definition) is 13. The van der Waals surface area contributed by atoms with Gasteiger partial charge < -0.3 is 34.7 Å². The van der Waals surface area contributed by atoms with Gasteiger partial charge in [-0.2, -0.15) is 9.97 Å². The monoisotopic (exact) mass is 594 g/mol. The van der Waals surface area contributed by atoms with Gasteiger partial charge in [-0.05, 0) is 25.8 Å². The molecule has 2 aliphatic heterocycles. The molecule has 3 aromatic rings. The lowest BCUT2D eigenvalue weighted by Crippen LogP contribution is -2.44. The zero-order chi connectivity index (χ0) is 28.7. The molecule has 5 N–H and O–H groups in total. The number of methoxy groups -OCH3 is 1. The molecular formula is C24H31N6O8PS. The number of aliphatic hydroxyl groups is 2. The largest absolute Gasteiger partial charge is 0.479 e. The molecule has 2 saturated heterocycles. The van der Waals surface area contributed by atoms with Crippen molar-refractivity contribution in [3.63, 3.8) is 0 Å². The first kappa shape index (κ1) is 28.7. The minimum atomic E-state index is -3.58. The fraction of sp³-hybridized carbons (Fsp3) is 0.500. The minimum absolute atomic E-state index is 0.0751. The summed E-state index contributed by atoms with van der Waals surface area (Å²) in [7, 11) is 1.41. The van der Waals surface area contributed by atoms with Crippen molar-refractivity contribution in [2.45, 2.75) is 56.5 Å². The summed E-state index contributed by atoms with van der Waals surface area (Å²) in [6.45, 7) is -0.748. The van der Waals surface area contributed by atoms with Crippen LogP contribution in [0.2, 0.25) is 0 Å². The summed E-state index contributed by atoms with van der Waals surface area (Å²) in [6, 6.07) is 8.46. The lowest BCUT2D eigenvalue weighted by atomic mass is 9.96. The molecule has 1 unspecified atom stereocenters. The molecule has 216 valence electrons. The molecule has 14 nitrogen and oxygen atoms in total. The van der Waals surface area contributed by atoms with Crippen molar-refractivity contribution in [1.82, 2.24) is 24.6 Å². The van der Waals surface area contributed by atoms with Gasteiger partial charge >= 0.3 is 12.7 Å². The lowest BCUT2D eigenvalue weighted by molar-refractivity contribution is -0.150. The van der Waals surface area contributed by atoms with Crippen LogP contribution in [-0.4, -0.2) is 79.0 Å². The van der Waals surface area contributed by atoms with Crippen LogP contribution >= 0.6 is 18.1 Å². The third-order valence-corrected chi connectivity index (χ3v) is 10.9. The van der Waals surface area contributed by atoms with Crippen LogP contribution in [0.5, 0.6) is 5.88 Å². The van der Waals surface area contributed by atoms with Gasteiger partial charge in [0.15, 0.2) is 17.4 Å². The van der Waals surface area contributed by atoms with E-state index in [4.69, 9.17) is 24.5 Å². The average Bonchev–Trinajstić information content (AvgIpc) is 3.45. The van der Waals surface area contributed by atoms with Crippen LogP contribution in [0.3, 0.4) is 0 Å². The molecule has 0 aliphatic carbocycles. The Morgan fingerprint density at radius 1 is 1.38 bits per heavy atom. The van der Waals surface area contributed by atoms with Gasteiger partial charge in [-0.15, -0.1) is 0 Å². The Balaban J connectivity index is 1.25. The standard InChI is InChI=1S/C24H31N6O8PS/c1-13(14-7-5-4-6-8-14)37-21(32)15-9-10-40-39(34,29-15)36-11-16-18(31)24(2,33)22(38-16)30-12-26-17-19(30)27-23(25)28-20(17)35-3/h4-8,12-13,15-16,18,22,31,33H,9-11H2,1-3H3,(H,29,34)(H2,25,27,28)/t13-,15?,16+,18+,22+,24+,39-/m0/s1. The van der Waals surface area contributed by atoms with Crippen LogP contribution < -0.4 is 15.6 Å². The molecule has 0 amide bonds. The Hall–Kier alpha value is -2.78. The van der Waals surface area contributed by atoms with E-state index < -0.39 is 48.9 Å². The van der Waals surface area contributed by atoms with Crippen molar-refractivity contribution in [1.29, 1.82) is 0 Å². The van der Waals surface area contributed by atoms with Gasteiger partial charge in [-0.25, -0.2) is 10.1 Å². The van der Waals surface area contributed by atoms with Gasteiger partial charge in [0, 0.05) is 5.75 Å². The number of aromatic nitrogens is 4. The summed E-state index contributed by atoms with van der Waals surface area (Å²) in [5.41, 5.74) is 5.34. The summed E-state index contributed by atoms with van der Waals surface area (Å²) in [4.78, 5) is 25.2. The second-order valence-electron chi connectivity index (χ2n) is 9.70. The van der Waals surface area contributed by atoms with Crippen molar-refractivity contribution in [3.05, 3.63) is 42.2 Å². The number of carbonyl (C=O) groups is 1. The van der Waals surface area contributed by atoms with E-state index in [1.54, 1.807) is 6.92 Å². The molecular weight excluding hydrogens is 563 g/mol. The second-order valence-corrected chi connectivity index (χ2v) is 14.1. The number of imidazole rings is 1. The van der Waals surface area contributed by atoms with E-state index in [9.17, 15) is 19.6 Å². The Morgan fingerprint density at radius 3 is 2.85 bits per heavy atom. The van der Waals surface area contributed by atoms with Gasteiger partial charge in [0.2, 0.25) is 11.8 Å². The molecule has 0 radical (unpaired) electrons. The molecule has 7 atom stereocenters. The third-order valence-electron chi connectivity index (χ3n) is 6.84. The number of hydrogen-bond donors (Lipinski definition) is 4.